The highest BCUT2D eigenvalue weighted by molar-refractivity contribution is 7.15. The minimum Gasteiger partial charge on any atom is -0.494 e. The number of hydrogen-bond acceptors (Lipinski definition) is 5. The van der Waals surface area contributed by atoms with E-state index in [1.165, 1.54) is 24.2 Å². The maximum Gasteiger partial charge on any atom is 0.257 e. The van der Waals surface area contributed by atoms with Gasteiger partial charge in [-0.3, -0.25) is 10.1 Å². The number of unbranched alkanes of at least 4 members (excludes halogenated alkanes) is 2. The summed E-state index contributed by atoms with van der Waals surface area (Å²) in [6, 6.07) is 7.16. The predicted octanol–water partition coefficient (Wildman–Crippen LogP) is 4.48. The molecule has 23 heavy (non-hydrogen) atoms. The van der Waals surface area contributed by atoms with Crippen molar-refractivity contribution in [2.75, 3.05) is 11.9 Å². The minimum absolute atomic E-state index is 0.186. The number of nitrogens with zero attached hydrogens (tertiary/aromatic N) is 2. The van der Waals surface area contributed by atoms with E-state index in [1.54, 1.807) is 12.1 Å². The van der Waals surface area contributed by atoms with Crippen LogP contribution in [0.15, 0.2) is 24.3 Å². The molecule has 1 N–H and O–H groups in total. The molecular formula is C17H23N3O2S. The molecule has 1 heterocycles. The summed E-state index contributed by atoms with van der Waals surface area (Å²) < 4.78 is 5.64. The molecule has 1 aromatic carbocycles. The molecule has 0 aliphatic heterocycles. The Morgan fingerprint density at radius 1 is 1.22 bits per heavy atom. The van der Waals surface area contributed by atoms with Crippen molar-refractivity contribution in [3.05, 3.63) is 34.8 Å². The maximum atomic E-state index is 12.2. The first-order valence-corrected chi connectivity index (χ1v) is 8.79. The van der Waals surface area contributed by atoms with Gasteiger partial charge in [0.05, 0.1) is 6.61 Å². The van der Waals surface area contributed by atoms with E-state index in [0.717, 1.165) is 17.2 Å². The quantitative estimate of drug-likeness (QED) is 0.723. The van der Waals surface area contributed by atoms with Gasteiger partial charge in [0, 0.05) is 11.5 Å². The number of anilines is 1. The molecule has 2 aromatic rings. The smallest absolute Gasteiger partial charge is 0.257 e. The van der Waals surface area contributed by atoms with Gasteiger partial charge in [0.15, 0.2) is 0 Å². The summed E-state index contributed by atoms with van der Waals surface area (Å²) >= 11 is 1.40. The Bertz CT molecular complexity index is 623. The van der Waals surface area contributed by atoms with Gasteiger partial charge in [0.25, 0.3) is 5.91 Å². The fourth-order valence-corrected chi connectivity index (χ4v) is 2.67. The average Bonchev–Trinajstić information content (AvgIpc) is 3.01. The van der Waals surface area contributed by atoms with Gasteiger partial charge < -0.3 is 4.74 Å². The lowest BCUT2D eigenvalue weighted by Gasteiger charge is -2.06. The number of ether oxygens (including phenoxy) is 1. The molecule has 0 fully saturated rings. The summed E-state index contributed by atoms with van der Waals surface area (Å²) in [5.41, 5.74) is 0.576. The van der Waals surface area contributed by atoms with Gasteiger partial charge in [0.1, 0.15) is 10.8 Å². The number of aromatic nitrogens is 2. The van der Waals surface area contributed by atoms with E-state index in [9.17, 15) is 4.79 Å². The van der Waals surface area contributed by atoms with Crippen LogP contribution in [0.2, 0.25) is 0 Å². The topological polar surface area (TPSA) is 64.1 Å². The summed E-state index contributed by atoms with van der Waals surface area (Å²) in [5, 5.41) is 12.3. The fraction of sp³-hybridized carbons (Fsp3) is 0.471. The molecule has 5 nitrogen and oxygen atoms in total. The molecule has 1 aromatic heterocycles. The molecule has 0 atom stereocenters. The van der Waals surface area contributed by atoms with Crippen LogP contribution in [0.4, 0.5) is 5.13 Å². The monoisotopic (exact) mass is 333 g/mol. The van der Waals surface area contributed by atoms with Gasteiger partial charge in [-0.05, 0) is 30.7 Å². The van der Waals surface area contributed by atoms with Crippen molar-refractivity contribution in [3.63, 3.8) is 0 Å². The molecule has 124 valence electrons. The van der Waals surface area contributed by atoms with E-state index < -0.39 is 0 Å². The van der Waals surface area contributed by atoms with Gasteiger partial charge in [-0.1, -0.05) is 44.9 Å². The number of carbonyl (C=O) groups excluding carboxylic acids is 1. The Balaban J connectivity index is 1.89. The highest BCUT2D eigenvalue weighted by atomic mass is 32.1. The molecule has 2 rings (SSSR count). The summed E-state index contributed by atoms with van der Waals surface area (Å²) in [5.74, 6) is 0.909. The van der Waals surface area contributed by atoms with Crippen molar-refractivity contribution in [3.8, 4) is 5.75 Å². The Hall–Kier alpha value is -1.95. The molecule has 0 unspecified atom stereocenters. The van der Waals surface area contributed by atoms with E-state index >= 15 is 0 Å². The van der Waals surface area contributed by atoms with Crippen LogP contribution in [0.25, 0.3) is 0 Å². The molecule has 0 spiro atoms. The Labute approximate surface area is 141 Å². The number of nitrogens with one attached hydrogen (secondary N) is 1. The van der Waals surface area contributed by atoms with E-state index in [0.29, 0.717) is 23.2 Å². The lowest BCUT2D eigenvalue weighted by Crippen LogP contribution is -2.11. The molecule has 0 aliphatic rings. The van der Waals surface area contributed by atoms with Crippen LogP contribution in [0.1, 0.15) is 61.3 Å². The zero-order valence-corrected chi connectivity index (χ0v) is 14.7. The van der Waals surface area contributed by atoms with Gasteiger partial charge in [-0.2, -0.15) is 0 Å². The van der Waals surface area contributed by atoms with Crippen molar-refractivity contribution >= 4 is 22.4 Å². The number of rotatable bonds is 8. The second-order valence-electron chi connectivity index (χ2n) is 5.63. The molecule has 0 saturated heterocycles. The van der Waals surface area contributed by atoms with Gasteiger partial charge >= 0.3 is 0 Å². The Morgan fingerprint density at radius 3 is 2.57 bits per heavy atom. The first-order chi connectivity index (χ1) is 11.1. The van der Waals surface area contributed by atoms with Gasteiger partial charge in [-0.25, -0.2) is 0 Å². The third-order valence-corrected chi connectivity index (χ3v) is 4.43. The number of amides is 1. The van der Waals surface area contributed by atoms with Gasteiger partial charge in [-0.15, -0.1) is 10.2 Å². The van der Waals surface area contributed by atoms with Crippen LogP contribution >= 0.6 is 11.3 Å². The zero-order chi connectivity index (χ0) is 16.7. The van der Waals surface area contributed by atoms with E-state index in [-0.39, 0.29) is 5.91 Å². The van der Waals surface area contributed by atoms with Crippen molar-refractivity contribution in [2.24, 2.45) is 0 Å². The number of benzene rings is 1. The largest absolute Gasteiger partial charge is 0.494 e. The zero-order valence-electron chi connectivity index (χ0n) is 13.8. The van der Waals surface area contributed by atoms with Crippen LogP contribution in [0.5, 0.6) is 5.75 Å². The highest BCUT2D eigenvalue weighted by Gasteiger charge is 2.12. The average molecular weight is 333 g/mol. The molecule has 0 radical (unpaired) electrons. The van der Waals surface area contributed by atoms with Gasteiger partial charge in [0.2, 0.25) is 5.13 Å². The number of carbonyl (C=O) groups is 1. The summed E-state index contributed by atoms with van der Waals surface area (Å²) in [6.07, 6.45) is 3.39. The molecular weight excluding hydrogens is 310 g/mol. The van der Waals surface area contributed by atoms with Crippen molar-refractivity contribution in [2.45, 2.75) is 46.0 Å². The number of hydrogen-bond donors (Lipinski definition) is 1. The molecule has 0 saturated carbocycles. The highest BCUT2D eigenvalue weighted by Crippen LogP contribution is 2.23. The lowest BCUT2D eigenvalue weighted by molar-refractivity contribution is 0.102. The molecule has 6 heteroatoms. The van der Waals surface area contributed by atoms with Crippen LogP contribution in [0, 0.1) is 0 Å². The second kappa shape index (κ2) is 8.62. The van der Waals surface area contributed by atoms with Crippen LogP contribution in [-0.2, 0) is 0 Å². The van der Waals surface area contributed by atoms with E-state index in [2.05, 4.69) is 22.4 Å². The Kier molecular flexibility index (Phi) is 6.52. The van der Waals surface area contributed by atoms with Crippen molar-refractivity contribution in [1.29, 1.82) is 0 Å². The normalized spacial score (nSPS) is 10.8. The van der Waals surface area contributed by atoms with Crippen LogP contribution in [-0.4, -0.2) is 22.7 Å². The summed E-state index contributed by atoms with van der Waals surface area (Å²) in [7, 11) is 0. The van der Waals surface area contributed by atoms with Crippen molar-refractivity contribution < 1.29 is 9.53 Å². The van der Waals surface area contributed by atoms with Crippen molar-refractivity contribution in [1.82, 2.24) is 10.2 Å². The third-order valence-electron chi connectivity index (χ3n) is 3.29. The third kappa shape index (κ3) is 5.32. The van der Waals surface area contributed by atoms with Crippen LogP contribution < -0.4 is 10.1 Å². The Morgan fingerprint density at radius 2 is 1.96 bits per heavy atom. The minimum atomic E-state index is -0.186. The summed E-state index contributed by atoms with van der Waals surface area (Å²) in [6.45, 7) is 6.97. The SMILES string of the molecule is CCCCCOc1ccc(C(=O)Nc2nnc(C(C)C)s2)cc1. The second-order valence-corrected chi connectivity index (χ2v) is 6.64. The molecule has 1 amide bonds. The maximum absolute atomic E-state index is 12.2. The first-order valence-electron chi connectivity index (χ1n) is 7.97. The van der Waals surface area contributed by atoms with E-state index in [1.807, 2.05) is 26.0 Å². The first kappa shape index (κ1) is 17.4. The molecule has 0 bridgehead atoms. The molecule has 0 aliphatic carbocycles. The predicted molar refractivity (Wildman–Crippen MR) is 93.4 cm³/mol. The lowest BCUT2D eigenvalue weighted by atomic mass is 10.2. The standard InChI is InChI=1S/C17H23N3O2S/c1-4-5-6-11-22-14-9-7-13(8-10-14)15(21)18-17-20-19-16(23-17)12(2)3/h7-10,12H,4-6,11H2,1-3H3,(H,18,20,21). The fourth-order valence-electron chi connectivity index (χ4n) is 1.93. The summed E-state index contributed by atoms with van der Waals surface area (Å²) in [4.78, 5) is 12.2. The van der Waals surface area contributed by atoms with E-state index in [4.69, 9.17) is 4.74 Å². The van der Waals surface area contributed by atoms with Crippen LogP contribution in [0.3, 0.4) is 0 Å².